The lowest BCUT2D eigenvalue weighted by atomic mass is 10.1. The molecule has 0 aliphatic carbocycles. The van der Waals surface area contributed by atoms with Gasteiger partial charge in [0.05, 0.1) is 25.4 Å². The van der Waals surface area contributed by atoms with Gasteiger partial charge in [0, 0.05) is 45.9 Å². The maximum Gasteiger partial charge on any atom is 0.236 e. The number of carbonyl (C=O) groups excluding carboxylic acids is 1. The van der Waals surface area contributed by atoms with E-state index in [9.17, 15) is 4.79 Å². The van der Waals surface area contributed by atoms with Crippen LogP contribution in [0.5, 0.6) is 0 Å². The number of ether oxygens (including phenoxy) is 2. The zero-order valence-corrected chi connectivity index (χ0v) is 14.2. The Kier molecular flexibility index (Phi) is 7.08. The van der Waals surface area contributed by atoms with Gasteiger partial charge in [0.15, 0.2) is 0 Å². The topological polar surface area (TPSA) is 54.0 Å². The summed E-state index contributed by atoms with van der Waals surface area (Å²) in [7, 11) is 1.67. The molecule has 0 spiro atoms. The number of rotatable bonds is 7. The average Bonchev–Trinajstić information content (AvgIpc) is 2.90. The molecule has 0 aromatic heterocycles. The van der Waals surface area contributed by atoms with Crippen molar-refractivity contribution in [3.8, 4) is 0 Å². The van der Waals surface area contributed by atoms with Crippen molar-refractivity contribution in [2.45, 2.75) is 44.9 Å². The van der Waals surface area contributed by atoms with E-state index in [1.54, 1.807) is 7.11 Å². The second kappa shape index (κ2) is 8.82. The van der Waals surface area contributed by atoms with Crippen LogP contribution in [-0.4, -0.2) is 86.9 Å². The van der Waals surface area contributed by atoms with Crippen LogP contribution in [-0.2, 0) is 14.3 Å². The smallest absolute Gasteiger partial charge is 0.236 e. The molecule has 22 heavy (non-hydrogen) atoms. The average molecular weight is 313 g/mol. The van der Waals surface area contributed by atoms with Crippen molar-refractivity contribution < 1.29 is 14.3 Å². The van der Waals surface area contributed by atoms with E-state index in [0.29, 0.717) is 19.2 Å². The van der Waals surface area contributed by atoms with Crippen LogP contribution in [0.3, 0.4) is 0 Å². The second-order valence-electron chi connectivity index (χ2n) is 6.53. The monoisotopic (exact) mass is 313 g/mol. The molecule has 0 radical (unpaired) electrons. The number of amides is 1. The number of morpholine rings is 1. The molecule has 0 aromatic rings. The fraction of sp³-hybridized carbons (Fsp3) is 0.938. The van der Waals surface area contributed by atoms with E-state index in [1.807, 2.05) is 0 Å². The number of hydrogen-bond donors (Lipinski definition) is 1. The van der Waals surface area contributed by atoms with Crippen molar-refractivity contribution in [1.29, 1.82) is 0 Å². The Morgan fingerprint density at radius 1 is 1.32 bits per heavy atom. The minimum Gasteiger partial charge on any atom is -0.383 e. The number of nitrogens with zero attached hydrogens (tertiary/aromatic N) is 2. The lowest BCUT2D eigenvalue weighted by molar-refractivity contribution is -0.132. The summed E-state index contributed by atoms with van der Waals surface area (Å²) in [5.74, 6) is 0.216. The fourth-order valence-electron chi connectivity index (χ4n) is 3.56. The van der Waals surface area contributed by atoms with Gasteiger partial charge < -0.3 is 19.7 Å². The zero-order valence-electron chi connectivity index (χ0n) is 14.2. The standard InChI is InChI=1S/C16H31N3O3/c1-13-10-18(11-14(2)22-13)12-15-5-4-7-19(15)16(20)9-17-6-8-21-3/h13-15,17H,4-12H2,1-3H3/t13-,14+,15-/m0/s1. The van der Waals surface area contributed by atoms with Crippen molar-refractivity contribution in [2.75, 3.05) is 53.0 Å². The Balaban J connectivity index is 1.78. The number of carbonyl (C=O) groups is 1. The van der Waals surface area contributed by atoms with Crippen LogP contribution in [0, 0.1) is 0 Å². The van der Waals surface area contributed by atoms with Gasteiger partial charge in [-0.25, -0.2) is 0 Å². The molecule has 2 heterocycles. The molecular formula is C16H31N3O3. The van der Waals surface area contributed by atoms with Crippen molar-refractivity contribution >= 4 is 5.91 Å². The molecule has 0 saturated carbocycles. The van der Waals surface area contributed by atoms with Crippen LogP contribution < -0.4 is 5.32 Å². The molecule has 0 aromatic carbocycles. The lowest BCUT2D eigenvalue weighted by Crippen LogP contribution is -2.51. The van der Waals surface area contributed by atoms with Gasteiger partial charge >= 0.3 is 0 Å². The summed E-state index contributed by atoms with van der Waals surface area (Å²) in [4.78, 5) is 16.9. The van der Waals surface area contributed by atoms with Gasteiger partial charge in [-0.15, -0.1) is 0 Å². The third-order valence-corrected chi connectivity index (χ3v) is 4.42. The van der Waals surface area contributed by atoms with E-state index in [4.69, 9.17) is 9.47 Å². The molecule has 6 nitrogen and oxygen atoms in total. The first kappa shape index (κ1) is 17.7. The van der Waals surface area contributed by atoms with Crippen molar-refractivity contribution in [3.05, 3.63) is 0 Å². The maximum atomic E-state index is 12.4. The van der Waals surface area contributed by atoms with Crippen LogP contribution in [0.25, 0.3) is 0 Å². The summed E-state index contributed by atoms with van der Waals surface area (Å²) in [6.07, 6.45) is 2.79. The van der Waals surface area contributed by atoms with Gasteiger partial charge in [0.25, 0.3) is 0 Å². The van der Waals surface area contributed by atoms with E-state index in [2.05, 4.69) is 29.0 Å². The molecule has 6 heteroatoms. The Morgan fingerprint density at radius 3 is 2.73 bits per heavy atom. The van der Waals surface area contributed by atoms with Gasteiger partial charge in [-0.2, -0.15) is 0 Å². The second-order valence-corrected chi connectivity index (χ2v) is 6.53. The van der Waals surface area contributed by atoms with Crippen LogP contribution in [0.2, 0.25) is 0 Å². The minimum atomic E-state index is 0.216. The molecule has 2 rings (SSSR count). The molecular weight excluding hydrogens is 282 g/mol. The summed E-state index contributed by atoms with van der Waals surface area (Å²) in [5.41, 5.74) is 0. The Bertz CT molecular complexity index is 344. The molecule has 0 unspecified atom stereocenters. The van der Waals surface area contributed by atoms with E-state index in [0.717, 1.165) is 45.6 Å². The lowest BCUT2D eigenvalue weighted by Gasteiger charge is -2.38. The largest absolute Gasteiger partial charge is 0.383 e. The predicted molar refractivity (Wildman–Crippen MR) is 85.9 cm³/mol. The molecule has 128 valence electrons. The Labute approximate surface area is 134 Å². The van der Waals surface area contributed by atoms with Crippen molar-refractivity contribution in [3.63, 3.8) is 0 Å². The van der Waals surface area contributed by atoms with E-state index >= 15 is 0 Å². The summed E-state index contributed by atoms with van der Waals surface area (Å²) >= 11 is 0. The summed E-state index contributed by atoms with van der Waals surface area (Å²) in [6.45, 7) is 9.83. The normalized spacial score (nSPS) is 30.0. The molecule has 0 bridgehead atoms. The van der Waals surface area contributed by atoms with Gasteiger partial charge in [0.1, 0.15) is 0 Å². The maximum absolute atomic E-state index is 12.4. The third-order valence-electron chi connectivity index (χ3n) is 4.42. The van der Waals surface area contributed by atoms with Gasteiger partial charge in [-0.1, -0.05) is 0 Å². The predicted octanol–water partition coefficient (Wildman–Crippen LogP) is 0.323. The summed E-state index contributed by atoms with van der Waals surface area (Å²) in [6, 6.07) is 0.356. The Morgan fingerprint density at radius 2 is 2.05 bits per heavy atom. The van der Waals surface area contributed by atoms with Crippen LogP contribution >= 0.6 is 0 Å². The zero-order chi connectivity index (χ0) is 15.9. The number of methoxy groups -OCH3 is 1. The first-order chi connectivity index (χ1) is 10.6. The molecule has 2 fully saturated rings. The van der Waals surface area contributed by atoms with E-state index in [1.165, 1.54) is 0 Å². The van der Waals surface area contributed by atoms with Crippen LogP contribution in [0.15, 0.2) is 0 Å². The van der Waals surface area contributed by atoms with Gasteiger partial charge in [-0.05, 0) is 26.7 Å². The fourth-order valence-corrected chi connectivity index (χ4v) is 3.56. The van der Waals surface area contributed by atoms with Crippen LogP contribution in [0.4, 0.5) is 0 Å². The Hall–Kier alpha value is -0.690. The minimum absolute atomic E-state index is 0.216. The number of nitrogens with one attached hydrogen (secondary N) is 1. The summed E-state index contributed by atoms with van der Waals surface area (Å²) in [5, 5.41) is 3.15. The number of hydrogen-bond acceptors (Lipinski definition) is 5. The first-order valence-corrected chi connectivity index (χ1v) is 8.47. The third kappa shape index (κ3) is 5.19. The van der Waals surface area contributed by atoms with Crippen LogP contribution in [0.1, 0.15) is 26.7 Å². The highest BCUT2D eigenvalue weighted by Gasteiger charge is 2.32. The van der Waals surface area contributed by atoms with Crippen molar-refractivity contribution in [1.82, 2.24) is 15.1 Å². The molecule has 2 aliphatic rings. The molecule has 1 amide bonds. The molecule has 2 aliphatic heterocycles. The summed E-state index contributed by atoms with van der Waals surface area (Å²) < 4.78 is 10.8. The number of likely N-dealkylation sites (tertiary alicyclic amines) is 1. The van der Waals surface area contributed by atoms with E-state index < -0.39 is 0 Å². The van der Waals surface area contributed by atoms with Gasteiger partial charge in [0.2, 0.25) is 5.91 Å². The van der Waals surface area contributed by atoms with Gasteiger partial charge in [-0.3, -0.25) is 9.69 Å². The van der Waals surface area contributed by atoms with E-state index in [-0.39, 0.29) is 18.1 Å². The molecule has 1 N–H and O–H groups in total. The van der Waals surface area contributed by atoms with Crippen molar-refractivity contribution in [2.24, 2.45) is 0 Å². The molecule has 2 saturated heterocycles. The highest BCUT2D eigenvalue weighted by molar-refractivity contribution is 5.78. The first-order valence-electron chi connectivity index (χ1n) is 8.47. The quantitative estimate of drug-likeness (QED) is 0.686. The highest BCUT2D eigenvalue weighted by Crippen LogP contribution is 2.20. The highest BCUT2D eigenvalue weighted by atomic mass is 16.5. The molecule has 3 atom stereocenters. The SMILES string of the molecule is COCCNCC(=O)N1CCC[C@H]1CN1C[C@@H](C)O[C@@H](C)C1.